The van der Waals surface area contributed by atoms with Gasteiger partial charge in [0.1, 0.15) is 0 Å². The summed E-state index contributed by atoms with van der Waals surface area (Å²) in [7, 11) is 2.02. The average Bonchev–Trinajstić information content (AvgIpc) is 2.64. The van der Waals surface area contributed by atoms with Crippen molar-refractivity contribution >= 4 is 21.6 Å². The lowest BCUT2D eigenvalue weighted by Crippen LogP contribution is -2.35. The Morgan fingerprint density at radius 2 is 2.16 bits per heavy atom. The van der Waals surface area contributed by atoms with E-state index in [4.69, 9.17) is 0 Å². The molecule has 1 aliphatic rings. The third kappa shape index (κ3) is 3.73. The summed E-state index contributed by atoms with van der Waals surface area (Å²) in [6.07, 6.45) is 6.67. The Hall–Kier alpha value is -0.540. The molecule has 1 aliphatic heterocycles. The summed E-state index contributed by atoms with van der Waals surface area (Å²) in [6, 6.07) is 7.42. The highest BCUT2D eigenvalue weighted by Crippen LogP contribution is 2.30. The van der Waals surface area contributed by atoms with E-state index in [0.29, 0.717) is 6.04 Å². The van der Waals surface area contributed by atoms with Crippen molar-refractivity contribution < 1.29 is 0 Å². The standard InChI is InChI=1S/C16H25BrN2/c1-3-15-7-5-4-6-10-19(15)16-9-8-14(17)11-13(16)12-18-2/h8-9,11,15,18H,3-7,10,12H2,1-2H3. The first kappa shape index (κ1) is 14.9. The molecule has 0 saturated carbocycles. The molecule has 0 radical (unpaired) electrons. The van der Waals surface area contributed by atoms with Gasteiger partial charge in [-0.3, -0.25) is 0 Å². The van der Waals surface area contributed by atoms with Gasteiger partial charge in [-0.1, -0.05) is 35.7 Å². The third-order valence-corrected chi connectivity index (χ3v) is 4.56. The van der Waals surface area contributed by atoms with Gasteiger partial charge in [0, 0.05) is 29.3 Å². The number of halogens is 1. The Labute approximate surface area is 125 Å². The Bertz CT molecular complexity index is 406. The van der Waals surface area contributed by atoms with Gasteiger partial charge in [0.25, 0.3) is 0 Å². The van der Waals surface area contributed by atoms with Crippen LogP contribution >= 0.6 is 15.9 Å². The highest BCUT2D eigenvalue weighted by atomic mass is 79.9. The van der Waals surface area contributed by atoms with E-state index in [1.807, 2.05) is 7.05 Å². The van der Waals surface area contributed by atoms with E-state index in [0.717, 1.165) is 6.54 Å². The quantitative estimate of drug-likeness (QED) is 0.886. The van der Waals surface area contributed by atoms with Crippen molar-refractivity contribution in [3.8, 4) is 0 Å². The molecule has 1 aromatic carbocycles. The predicted octanol–water partition coefficient (Wildman–Crippen LogP) is 4.33. The van der Waals surface area contributed by atoms with Crippen LogP contribution < -0.4 is 10.2 Å². The maximum atomic E-state index is 3.59. The first-order valence-electron chi connectivity index (χ1n) is 7.46. The highest BCUT2D eigenvalue weighted by molar-refractivity contribution is 9.10. The van der Waals surface area contributed by atoms with Crippen molar-refractivity contribution in [3.05, 3.63) is 28.2 Å². The zero-order chi connectivity index (χ0) is 13.7. The Morgan fingerprint density at radius 3 is 2.89 bits per heavy atom. The van der Waals surface area contributed by atoms with E-state index >= 15 is 0 Å². The van der Waals surface area contributed by atoms with Crippen molar-refractivity contribution in [1.82, 2.24) is 5.32 Å². The molecule has 2 nitrogen and oxygen atoms in total. The zero-order valence-corrected chi connectivity index (χ0v) is 13.7. The molecule has 1 saturated heterocycles. The smallest absolute Gasteiger partial charge is 0.0415 e. The molecular weight excluding hydrogens is 300 g/mol. The van der Waals surface area contributed by atoms with Crippen LogP contribution in [0, 0.1) is 0 Å². The number of hydrogen-bond acceptors (Lipinski definition) is 2. The molecule has 3 heteroatoms. The molecule has 1 fully saturated rings. The molecule has 1 unspecified atom stereocenters. The van der Waals surface area contributed by atoms with E-state index in [1.165, 1.54) is 54.4 Å². The molecule has 0 aliphatic carbocycles. The summed E-state index contributed by atoms with van der Waals surface area (Å²) < 4.78 is 1.17. The van der Waals surface area contributed by atoms with E-state index in [1.54, 1.807) is 0 Å². The van der Waals surface area contributed by atoms with Crippen LogP contribution in [-0.2, 0) is 6.54 Å². The van der Waals surface area contributed by atoms with Gasteiger partial charge in [0.2, 0.25) is 0 Å². The second-order valence-corrected chi connectivity index (χ2v) is 6.32. The number of rotatable bonds is 4. The molecule has 1 atom stereocenters. The lowest BCUT2D eigenvalue weighted by atomic mass is 10.1. The summed E-state index contributed by atoms with van der Waals surface area (Å²) >= 11 is 3.59. The molecule has 0 spiro atoms. The Morgan fingerprint density at radius 1 is 1.32 bits per heavy atom. The predicted molar refractivity (Wildman–Crippen MR) is 86.8 cm³/mol. The molecule has 1 heterocycles. The molecule has 1 aromatic rings. The highest BCUT2D eigenvalue weighted by Gasteiger charge is 2.21. The van der Waals surface area contributed by atoms with E-state index in [-0.39, 0.29) is 0 Å². The maximum Gasteiger partial charge on any atom is 0.0415 e. The van der Waals surface area contributed by atoms with Crippen molar-refractivity contribution in [2.45, 2.75) is 51.6 Å². The van der Waals surface area contributed by atoms with Crippen molar-refractivity contribution in [1.29, 1.82) is 0 Å². The number of anilines is 1. The average molecular weight is 325 g/mol. The number of nitrogens with one attached hydrogen (secondary N) is 1. The van der Waals surface area contributed by atoms with E-state index in [2.05, 4.69) is 51.3 Å². The molecule has 2 rings (SSSR count). The summed E-state index contributed by atoms with van der Waals surface area (Å²) in [5, 5.41) is 3.29. The number of nitrogens with zero attached hydrogens (tertiary/aromatic N) is 1. The number of hydrogen-bond donors (Lipinski definition) is 1. The van der Waals surface area contributed by atoms with Gasteiger partial charge >= 0.3 is 0 Å². The molecular formula is C16H25BrN2. The largest absolute Gasteiger partial charge is 0.368 e. The van der Waals surface area contributed by atoms with Crippen LogP contribution in [0.4, 0.5) is 5.69 Å². The summed E-state index contributed by atoms with van der Waals surface area (Å²) in [6.45, 7) is 4.46. The van der Waals surface area contributed by atoms with Gasteiger partial charge in [-0.2, -0.15) is 0 Å². The minimum atomic E-state index is 0.708. The molecule has 19 heavy (non-hydrogen) atoms. The van der Waals surface area contributed by atoms with Crippen LogP contribution in [0.5, 0.6) is 0 Å². The van der Waals surface area contributed by atoms with Gasteiger partial charge in [-0.25, -0.2) is 0 Å². The van der Waals surface area contributed by atoms with Crippen LogP contribution in [-0.4, -0.2) is 19.6 Å². The van der Waals surface area contributed by atoms with Gasteiger partial charge in [-0.15, -0.1) is 0 Å². The van der Waals surface area contributed by atoms with Gasteiger partial charge in [-0.05, 0) is 50.1 Å². The van der Waals surface area contributed by atoms with E-state index < -0.39 is 0 Å². The normalized spacial score (nSPS) is 20.4. The third-order valence-electron chi connectivity index (χ3n) is 4.07. The molecule has 1 N–H and O–H groups in total. The van der Waals surface area contributed by atoms with Crippen molar-refractivity contribution in [2.24, 2.45) is 0 Å². The van der Waals surface area contributed by atoms with Gasteiger partial charge in [0.05, 0.1) is 0 Å². The molecule has 0 bridgehead atoms. The zero-order valence-electron chi connectivity index (χ0n) is 12.1. The van der Waals surface area contributed by atoms with Gasteiger partial charge < -0.3 is 10.2 Å². The fraction of sp³-hybridized carbons (Fsp3) is 0.625. The van der Waals surface area contributed by atoms with Gasteiger partial charge in [0.15, 0.2) is 0 Å². The topological polar surface area (TPSA) is 15.3 Å². The fourth-order valence-electron chi connectivity index (χ4n) is 3.09. The minimum absolute atomic E-state index is 0.708. The van der Waals surface area contributed by atoms with Crippen LogP contribution in [0.3, 0.4) is 0 Å². The molecule has 0 amide bonds. The first-order valence-corrected chi connectivity index (χ1v) is 8.25. The Balaban J connectivity index is 2.31. The Kier molecular flexibility index (Phi) is 5.71. The molecule has 0 aromatic heterocycles. The van der Waals surface area contributed by atoms with Crippen molar-refractivity contribution in [2.75, 3.05) is 18.5 Å². The summed E-state index contributed by atoms with van der Waals surface area (Å²) in [5.74, 6) is 0. The van der Waals surface area contributed by atoms with Crippen LogP contribution in [0.1, 0.15) is 44.6 Å². The first-order chi connectivity index (χ1) is 9.26. The lowest BCUT2D eigenvalue weighted by molar-refractivity contribution is 0.554. The summed E-state index contributed by atoms with van der Waals surface area (Å²) in [4.78, 5) is 2.64. The monoisotopic (exact) mass is 324 g/mol. The second kappa shape index (κ2) is 7.30. The van der Waals surface area contributed by atoms with Crippen LogP contribution in [0.2, 0.25) is 0 Å². The number of benzene rings is 1. The maximum absolute atomic E-state index is 3.59. The van der Waals surface area contributed by atoms with Crippen LogP contribution in [0.25, 0.3) is 0 Å². The fourth-order valence-corrected chi connectivity index (χ4v) is 3.49. The summed E-state index contributed by atoms with van der Waals surface area (Å²) in [5.41, 5.74) is 2.82. The van der Waals surface area contributed by atoms with Crippen LogP contribution in [0.15, 0.2) is 22.7 Å². The molecule has 106 valence electrons. The van der Waals surface area contributed by atoms with E-state index in [9.17, 15) is 0 Å². The lowest BCUT2D eigenvalue weighted by Gasteiger charge is -2.33. The van der Waals surface area contributed by atoms with Crippen molar-refractivity contribution in [3.63, 3.8) is 0 Å². The second-order valence-electron chi connectivity index (χ2n) is 5.41. The minimum Gasteiger partial charge on any atom is -0.368 e. The SMILES string of the molecule is CCC1CCCCCN1c1ccc(Br)cc1CNC.